The summed E-state index contributed by atoms with van der Waals surface area (Å²) in [5.41, 5.74) is 8.87. The molecule has 0 radical (unpaired) electrons. The quantitative estimate of drug-likeness (QED) is 0.215. The van der Waals surface area contributed by atoms with E-state index in [1.165, 1.54) is 0 Å². The molecule has 0 N–H and O–H groups in total. The lowest BCUT2D eigenvalue weighted by molar-refractivity contribution is 0.633. The second-order valence-corrected chi connectivity index (χ2v) is 10.7. The van der Waals surface area contributed by atoms with Crippen LogP contribution in [0.25, 0.3) is 82.5 Å². The summed E-state index contributed by atoms with van der Waals surface area (Å²) in [4.78, 5) is 0. The van der Waals surface area contributed by atoms with E-state index in [1.807, 2.05) is 54.6 Å². The molecule has 0 aliphatic rings. The fourth-order valence-electron chi connectivity index (χ4n) is 6.58. The predicted molar refractivity (Wildman–Crippen MR) is 170 cm³/mol. The van der Waals surface area contributed by atoms with Gasteiger partial charge >= 0.3 is 0 Å². The first kappa shape index (κ1) is 23.4. The van der Waals surface area contributed by atoms with Crippen molar-refractivity contribution >= 4 is 65.7 Å². The zero-order chi connectivity index (χ0) is 28.7. The molecule has 0 fully saturated rings. The molecular weight excluding hydrogens is 530 g/mol. The highest BCUT2D eigenvalue weighted by Gasteiger charge is 2.21. The van der Waals surface area contributed by atoms with Crippen LogP contribution in [0.2, 0.25) is 0 Å². The third-order valence-electron chi connectivity index (χ3n) is 8.48. The normalized spacial score (nSPS) is 11.7. The number of aromatic nitrogens is 1. The van der Waals surface area contributed by atoms with E-state index in [1.54, 1.807) is 6.07 Å². The largest absolute Gasteiger partial charge is 0.452 e. The molecule has 0 bridgehead atoms. The first-order valence-electron chi connectivity index (χ1n) is 14.0. The Hall–Kier alpha value is -6.30. The van der Waals surface area contributed by atoms with Crippen LogP contribution in [0.15, 0.2) is 124 Å². The molecule has 0 saturated carbocycles. The zero-order valence-corrected chi connectivity index (χ0v) is 22.6. The van der Waals surface area contributed by atoms with Gasteiger partial charge in [-0.25, -0.2) is 0 Å². The van der Waals surface area contributed by atoms with Gasteiger partial charge in [0.1, 0.15) is 17.2 Å². The van der Waals surface area contributed by atoms with E-state index in [9.17, 15) is 10.5 Å². The standard InChI is InChI=1S/C38H19N3O2/c39-20-22-12-16-34-30(18-22)28-14-15-29-31-19-23(13-17-35(31)43-38(29)37(28)42-34)25-9-5-6-24(21-40)36(25)41-32-10-3-1-7-26(32)27-8-2-4-11-33(27)41/h1-19H. The van der Waals surface area contributed by atoms with Crippen LogP contribution >= 0.6 is 0 Å². The van der Waals surface area contributed by atoms with E-state index in [2.05, 4.69) is 71.3 Å². The molecule has 198 valence electrons. The van der Waals surface area contributed by atoms with E-state index >= 15 is 0 Å². The number of rotatable bonds is 2. The van der Waals surface area contributed by atoms with Gasteiger partial charge in [-0.1, -0.05) is 54.6 Å². The smallest absolute Gasteiger partial charge is 0.178 e. The molecule has 0 saturated heterocycles. The number of hydrogen-bond donors (Lipinski definition) is 0. The van der Waals surface area contributed by atoms with Gasteiger partial charge in [0, 0.05) is 37.9 Å². The molecule has 9 aromatic rings. The van der Waals surface area contributed by atoms with Crippen molar-refractivity contribution in [3.63, 3.8) is 0 Å². The summed E-state index contributed by atoms with van der Waals surface area (Å²) in [6.45, 7) is 0. The molecule has 6 aromatic carbocycles. The number of nitriles is 2. The minimum Gasteiger partial charge on any atom is -0.452 e. The highest BCUT2D eigenvalue weighted by atomic mass is 16.4. The summed E-state index contributed by atoms with van der Waals surface area (Å²) in [5.74, 6) is 0. The Morgan fingerprint density at radius 2 is 1.14 bits per heavy atom. The maximum absolute atomic E-state index is 10.3. The number of hydrogen-bond acceptors (Lipinski definition) is 4. The number of benzene rings is 6. The van der Waals surface area contributed by atoms with E-state index < -0.39 is 0 Å². The van der Waals surface area contributed by atoms with Crippen molar-refractivity contribution in [1.29, 1.82) is 10.5 Å². The second-order valence-electron chi connectivity index (χ2n) is 10.7. The third kappa shape index (κ3) is 3.19. The van der Waals surface area contributed by atoms with Crippen LogP contribution in [0.3, 0.4) is 0 Å². The monoisotopic (exact) mass is 549 g/mol. The minimum atomic E-state index is 0.586. The third-order valence-corrected chi connectivity index (χ3v) is 8.48. The predicted octanol–water partition coefficient (Wildman–Crippen LogP) is 9.99. The van der Waals surface area contributed by atoms with Crippen molar-refractivity contribution < 1.29 is 8.83 Å². The Morgan fingerprint density at radius 3 is 1.79 bits per heavy atom. The number of furan rings is 2. The Labute approximate surface area is 244 Å². The summed E-state index contributed by atoms with van der Waals surface area (Å²) in [7, 11) is 0. The zero-order valence-electron chi connectivity index (χ0n) is 22.6. The lowest BCUT2D eigenvalue weighted by Gasteiger charge is -2.16. The Kier molecular flexibility index (Phi) is 4.68. The van der Waals surface area contributed by atoms with Gasteiger partial charge in [0.25, 0.3) is 0 Å². The van der Waals surface area contributed by atoms with Crippen LogP contribution in [0, 0.1) is 22.7 Å². The van der Waals surface area contributed by atoms with Crippen LogP contribution in [0.5, 0.6) is 0 Å². The fourth-order valence-corrected chi connectivity index (χ4v) is 6.58. The van der Waals surface area contributed by atoms with Crippen LogP contribution in [-0.4, -0.2) is 4.57 Å². The second kappa shape index (κ2) is 8.60. The molecule has 0 aliphatic heterocycles. The van der Waals surface area contributed by atoms with Gasteiger partial charge in [0.05, 0.1) is 33.9 Å². The molecule has 0 aliphatic carbocycles. The maximum atomic E-state index is 10.3. The summed E-state index contributed by atoms with van der Waals surface area (Å²) in [6, 6.07) is 42.9. The van der Waals surface area contributed by atoms with Crippen LogP contribution in [0.1, 0.15) is 11.1 Å². The van der Waals surface area contributed by atoms with E-state index in [-0.39, 0.29) is 0 Å². The van der Waals surface area contributed by atoms with Gasteiger partial charge in [-0.15, -0.1) is 0 Å². The molecule has 3 aromatic heterocycles. The highest BCUT2D eigenvalue weighted by Crippen LogP contribution is 2.42. The van der Waals surface area contributed by atoms with E-state index in [4.69, 9.17) is 8.83 Å². The van der Waals surface area contributed by atoms with Crippen molar-refractivity contribution in [1.82, 2.24) is 4.57 Å². The summed E-state index contributed by atoms with van der Waals surface area (Å²) in [6.07, 6.45) is 0. The van der Waals surface area contributed by atoms with Crippen LogP contribution < -0.4 is 0 Å². The summed E-state index contributed by atoms with van der Waals surface area (Å²) < 4.78 is 14.8. The average Bonchev–Trinajstić information content (AvgIpc) is 3.73. The Morgan fingerprint density at radius 1 is 0.512 bits per heavy atom. The Bertz CT molecular complexity index is 2650. The van der Waals surface area contributed by atoms with Gasteiger partial charge in [0.2, 0.25) is 0 Å². The van der Waals surface area contributed by atoms with Gasteiger partial charge < -0.3 is 13.4 Å². The molecule has 0 unspecified atom stereocenters. The number of nitrogens with zero attached hydrogens (tertiary/aromatic N) is 3. The minimum absolute atomic E-state index is 0.586. The van der Waals surface area contributed by atoms with Gasteiger partial charge in [-0.3, -0.25) is 0 Å². The molecule has 43 heavy (non-hydrogen) atoms. The lowest BCUT2D eigenvalue weighted by atomic mass is 9.98. The molecule has 3 heterocycles. The van der Waals surface area contributed by atoms with Crippen molar-refractivity contribution in [3.05, 3.63) is 126 Å². The van der Waals surface area contributed by atoms with E-state index in [0.29, 0.717) is 27.9 Å². The van der Waals surface area contributed by atoms with E-state index in [0.717, 1.165) is 65.7 Å². The lowest BCUT2D eigenvalue weighted by Crippen LogP contribution is -2.00. The number of fused-ring (bicyclic) bond motifs is 10. The first-order chi connectivity index (χ1) is 21.2. The Balaban J connectivity index is 1.32. The average molecular weight is 550 g/mol. The SMILES string of the molecule is N#Cc1ccc2oc3c(ccc4c5cc(-c6cccc(C#N)c6-n6c7ccccc7c7ccccc76)ccc5oc43)c2c1. The van der Waals surface area contributed by atoms with Crippen molar-refractivity contribution in [3.8, 4) is 29.0 Å². The first-order valence-corrected chi connectivity index (χ1v) is 14.0. The van der Waals surface area contributed by atoms with Gasteiger partial charge in [0.15, 0.2) is 11.2 Å². The van der Waals surface area contributed by atoms with Gasteiger partial charge in [-0.05, 0) is 66.2 Å². The molecule has 9 rings (SSSR count). The molecular formula is C38H19N3O2. The molecule has 5 nitrogen and oxygen atoms in total. The van der Waals surface area contributed by atoms with Crippen LogP contribution in [0.4, 0.5) is 0 Å². The number of para-hydroxylation sites is 3. The topological polar surface area (TPSA) is 78.8 Å². The van der Waals surface area contributed by atoms with Crippen molar-refractivity contribution in [2.75, 3.05) is 0 Å². The summed E-state index contributed by atoms with van der Waals surface area (Å²) >= 11 is 0. The van der Waals surface area contributed by atoms with Crippen molar-refractivity contribution in [2.45, 2.75) is 0 Å². The molecule has 5 heteroatoms. The molecule has 0 amide bonds. The summed E-state index contributed by atoms with van der Waals surface area (Å²) in [5, 5.41) is 25.7. The molecule has 0 atom stereocenters. The van der Waals surface area contributed by atoms with Crippen LogP contribution in [-0.2, 0) is 0 Å². The molecule has 0 spiro atoms. The van der Waals surface area contributed by atoms with Gasteiger partial charge in [-0.2, -0.15) is 10.5 Å². The highest BCUT2D eigenvalue weighted by molar-refractivity contribution is 6.19. The van der Waals surface area contributed by atoms with Crippen molar-refractivity contribution in [2.24, 2.45) is 0 Å². The fraction of sp³-hybridized carbons (Fsp3) is 0. The maximum Gasteiger partial charge on any atom is 0.178 e.